The van der Waals surface area contributed by atoms with E-state index in [4.69, 9.17) is 19.3 Å². The monoisotopic (exact) mass is 302 g/mol. The standard InChI is InChI=1S/C14H22O7/c15-9-4-6-10(7-5-9)20-14(18)21-12-3-1-2-11(8-12)19-13(16)17/h9-12,15H,1-8H2,(H,16,17). The zero-order valence-corrected chi connectivity index (χ0v) is 11.9. The average Bonchev–Trinajstić information content (AvgIpc) is 2.41. The topological polar surface area (TPSA) is 102 Å². The summed E-state index contributed by atoms with van der Waals surface area (Å²) in [6.45, 7) is 0. The van der Waals surface area contributed by atoms with Crippen LogP contribution in [0.4, 0.5) is 9.59 Å². The van der Waals surface area contributed by atoms with Crippen LogP contribution >= 0.6 is 0 Å². The van der Waals surface area contributed by atoms with E-state index < -0.39 is 18.4 Å². The summed E-state index contributed by atoms with van der Waals surface area (Å²) in [5.41, 5.74) is 0. The van der Waals surface area contributed by atoms with E-state index in [1.165, 1.54) is 0 Å². The van der Waals surface area contributed by atoms with Crippen molar-refractivity contribution < 1.29 is 34.0 Å². The molecule has 2 N–H and O–H groups in total. The number of ether oxygens (including phenoxy) is 3. The second kappa shape index (κ2) is 7.49. The molecule has 2 saturated carbocycles. The highest BCUT2D eigenvalue weighted by Crippen LogP contribution is 2.25. The molecule has 0 spiro atoms. The molecule has 7 heteroatoms. The molecule has 0 amide bonds. The van der Waals surface area contributed by atoms with Crippen molar-refractivity contribution in [1.29, 1.82) is 0 Å². The molecule has 21 heavy (non-hydrogen) atoms. The van der Waals surface area contributed by atoms with Crippen LogP contribution in [0.3, 0.4) is 0 Å². The van der Waals surface area contributed by atoms with Gasteiger partial charge in [0.2, 0.25) is 0 Å². The van der Waals surface area contributed by atoms with Crippen LogP contribution in [-0.2, 0) is 14.2 Å². The minimum absolute atomic E-state index is 0.199. The predicted molar refractivity (Wildman–Crippen MR) is 71.0 cm³/mol. The van der Waals surface area contributed by atoms with Gasteiger partial charge in [0.1, 0.15) is 18.3 Å². The van der Waals surface area contributed by atoms with Crippen molar-refractivity contribution in [2.24, 2.45) is 0 Å². The van der Waals surface area contributed by atoms with E-state index in [2.05, 4.69) is 0 Å². The van der Waals surface area contributed by atoms with Gasteiger partial charge in [-0.1, -0.05) is 0 Å². The number of rotatable bonds is 3. The summed E-state index contributed by atoms with van der Waals surface area (Å²) in [7, 11) is 0. The lowest BCUT2D eigenvalue weighted by Gasteiger charge is -2.29. The minimum atomic E-state index is -1.30. The van der Waals surface area contributed by atoms with Crippen LogP contribution in [0.5, 0.6) is 0 Å². The molecule has 7 nitrogen and oxygen atoms in total. The lowest BCUT2D eigenvalue weighted by molar-refractivity contribution is -0.0481. The van der Waals surface area contributed by atoms with Gasteiger partial charge in [0.05, 0.1) is 6.10 Å². The molecule has 0 bridgehead atoms. The van der Waals surface area contributed by atoms with Gasteiger partial charge < -0.3 is 24.4 Å². The summed E-state index contributed by atoms with van der Waals surface area (Å²) in [4.78, 5) is 22.2. The molecule has 2 rings (SSSR count). The Balaban J connectivity index is 1.70. The Bertz CT molecular complexity index is 362. The number of aliphatic hydroxyl groups is 1. The van der Waals surface area contributed by atoms with Crippen LogP contribution in [0.15, 0.2) is 0 Å². The number of hydrogen-bond donors (Lipinski definition) is 2. The van der Waals surface area contributed by atoms with Crippen molar-refractivity contribution in [2.75, 3.05) is 0 Å². The molecule has 0 saturated heterocycles. The first-order valence-corrected chi connectivity index (χ1v) is 7.48. The molecule has 2 unspecified atom stereocenters. The fourth-order valence-electron chi connectivity index (χ4n) is 2.92. The van der Waals surface area contributed by atoms with E-state index in [-0.39, 0.29) is 18.3 Å². The van der Waals surface area contributed by atoms with Crippen LogP contribution < -0.4 is 0 Å². The quantitative estimate of drug-likeness (QED) is 0.772. The number of aliphatic hydroxyl groups excluding tert-OH is 1. The summed E-state index contributed by atoms with van der Waals surface area (Å²) in [6.07, 6.45) is 1.76. The summed E-state index contributed by atoms with van der Waals surface area (Å²) >= 11 is 0. The fraction of sp³-hybridized carbons (Fsp3) is 0.857. The smallest absolute Gasteiger partial charge is 0.450 e. The number of carbonyl (C=O) groups excluding carboxylic acids is 1. The van der Waals surface area contributed by atoms with Gasteiger partial charge in [-0.25, -0.2) is 9.59 Å². The number of hydrogen-bond acceptors (Lipinski definition) is 6. The lowest BCUT2D eigenvalue weighted by atomic mass is 9.95. The minimum Gasteiger partial charge on any atom is -0.450 e. The second-order valence-electron chi connectivity index (χ2n) is 5.71. The highest BCUT2D eigenvalue weighted by Gasteiger charge is 2.29. The van der Waals surface area contributed by atoms with E-state index in [1.54, 1.807) is 0 Å². The van der Waals surface area contributed by atoms with Crippen LogP contribution in [0.1, 0.15) is 51.4 Å². The molecule has 2 aliphatic carbocycles. The van der Waals surface area contributed by atoms with E-state index >= 15 is 0 Å². The Morgan fingerprint density at radius 2 is 1.38 bits per heavy atom. The Morgan fingerprint density at radius 1 is 0.810 bits per heavy atom. The number of carbonyl (C=O) groups is 2. The molecular formula is C14H22O7. The lowest BCUT2D eigenvalue weighted by Crippen LogP contribution is -2.33. The molecule has 0 aromatic rings. The average molecular weight is 302 g/mol. The molecule has 0 radical (unpaired) electrons. The first-order valence-electron chi connectivity index (χ1n) is 7.48. The zero-order valence-electron chi connectivity index (χ0n) is 11.9. The zero-order chi connectivity index (χ0) is 15.2. The normalized spacial score (nSPS) is 33.0. The van der Waals surface area contributed by atoms with E-state index in [9.17, 15) is 14.7 Å². The Kier molecular flexibility index (Phi) is 5.67. The Labute approximate surface area is 123 Å². The summed E-state index contributed by atoms with van der Waals surface area (Å²) in [5, 5.41) is 18.0. The third-order valence-electron chi connectivity index (χ3n) is 4.01. The highest BCUT2D eigenvalue weighted by molar-refractivity contribution is 5.60. The van der Waals surface area contributed by atoms with Crippen molar-refractivity contribution in [3.8, 4) is 0 Å². The predicted octanol–water partition coefficient (Wildman–Crippen LogP) is 2.45. The van der Waals surface area contributed by atoms with Crippen molar-refractivity contribution in [3.63, 3.8) is 0 Å². The van der Waals surface area contributed by atoms with E-state index in [1.807, 2.05) is 0 Å². The third kappa shape index (κ3) is 5.41. The van der Waals surface area contributed by atoms with Gasteiger partial charge in [0.15, 0.2) is 0 Å². The molecule has 0 aromatic carbocycles. The molecule has 2 aliphatic rings. The van der Waals surface area contributed by atoms with E-state index in [0.29, 0.717) is 44.9 Å². The maximum Gasteiger partial charge on any atom is 0.508 e. The van der Waals surface area contributed by atoms with Crippen LogP contribution in [-0.4, -0.2) is 46.9 Å². The van der Waals surface area contributed by atoms with Crippen molar-refractivity contribution in [2.45, 2.75) is 75.8 Å². The van der Waals surface area contributed by atoms with Crippen molar-refractivity contribution >= 4 is 12.3 Å². The first-order chi connectivity index (χ1) is 10.0. The molecule has 120 valence electrons. The van der Waals surface area contributed by atoms with Crippen LogP contribution in [0.2, 0.25) is 0 Å². The highest BCUT2D eigenvalue weighted by atomic mass is 16.7. The van der Waals surface area contributed by atoms with Gasteiger partial charge in [-0.15, -0.1) is 0 Å². The Hall–Kier alpha value is -1.50. The van der Waals surface area contributed by atoms with Crippen LogP contribution in [0, 0.1) is 0 Å². The first kappa shape index (κ1) is 15.9. The maximum absolute atomic E-state index is 11.7. The molecule has 2 atom stereocenters. The second-order valence-corrected chi connectivity index (χ2v) is 5.71. The molecule has 0 aromatic heterocycles. The molecular weight excluding hydrogens is 280 g/mol. The SMILES string of the molecule is O=C(O)OC1CCCC(OC(=O)OC2CCC(O)CC2)C1. The van der Waals surface area contributed by atoms with Gasteiger partial charge >= 0.3 is 12.3 Å². The van der Waals surface area contributed by atoms with Crippen molar-refractivity contribution in [3.05, 3.63) is 0 Å². The fourth-order valence-corrected chi connectivity index (χ4v) is 2.92. The van der Waals surface area contributed by atoms with Gasteiger partial charge in [0, 0.05) is 6.42 Å². The maximum atomic E-state index is 11.7. The molecule has 0 aliphatic heterocycles. The summed E-state index contributed by atoms with van der Waals surface area (Å²) in [6, 6.07) is 0. The van der Waals surface area contributed by atoms with Gasteiger partial charge in [0.25, 0.3) is 0 Å². The Morgan fingerprint density at radius 3 is 2.00 bits per heavy atom. The van der Waals surface area contributed by atoms with E-state index in [0.717, 1.165) is 6.42 Å². The largest absolute Gasteiger partial charge is 0.508 e. The number of carboxylic acid groups (broad SMARTS) is 1. The summed E-state index contributed by atoms with van der Waals surface area (Å²) in [5.74, 6) is 0. The van der Waals surface area contributed by atoms with Crippen LogP contribution in [0.25, 0.3) is 0 Å². The van der Waals surface area contributed by atoms with Gasteiger partial charge in [-0.2, -0.15) is 0 Å². The third-order valence-corrected chi connectivity index (χ3v) is 4.01. The molecule has 2 fully saturated rings. The van der Waals surface area contributed by atoms with Gasteiger partial charge in [-0.05, 0) is 44.9 Å². The summed E-state index contributed by atoms with van der Waals surface area (Å²) < 4.78 is 15.2. The van der Waals surface area contributed by atoms with Crippen molar-refractivity contribution in [1.82, 2.24) is 0 Å². The van der Waals surface area contributed by atoms with Gasteiger partial charge in [-0.3, -0.25) is 0 Å². The molecule has 0 heterocycles.